The van der Waals surface area contributed by atoms with Gasteiger partial charge < -0.3 is 10.6 Å². The predicted molar refractivity (Wildman–Crippen MR) is 73.7 cm³/mol. The second-order valence-electron chi connectivity index (χ2n) is 3.63. The monoisotopic (exact) mass is 292 g/mol. The molecule has 2 N–H and O–H groups in total. The zero-order valence-corrected chi connectivity index (χ0v) is 11.2. The van der Waals surface area contributed by atoms with Gasteiger partial charge in [-0.1, -0.05) is 12.1 Å². The van der Waals surface area contributed by atoms with Crippen LogP contribution >= 0.6 is 15.9 Å². The van der Waals surface area contributed by atoms with E-state index in [1.54, 1.807) is 13.2 Å². The molecule has 0 aliphatic rings. The molecule has 0 bridgehead atoms. The zero-order valence-electron chi connectivity index (χ0n) is 9.66. The van der Waals surface area contributed by atoms with Gasteiger partial charge in [0.2, 0.25) is 5.95 Å². The third-order valence-corrected chi connectivity index (χ3v) is 2.83. The Morgan fingerprint density at radius 1 is 1.29 bits per heavy atom. The average molecular weight is 293 g/mol. The minimum Gasteiger partial charge on any atom is -0.357 e. The fraction of sp³-hybridized carbons (Fsp3) is 0.167. The van der Waals surface area contributed by atoms with E-state index < -0.39 is 0 Å². The molecule has 88 valence electrons. The minimum atomic E-state index is 0.586. The van der Waals surface area contributed by atoms with E-state index in [2.05, 4.69) is 55.6 Å². The molecule has 0 spiro atoms. The van der Waals surface area contributed by atoms with Gasteiger partial charge in [0.25, 0.3) is 0 Å². The Kier molecular flexibility index (Phi) is 3.58. The highest BCUT2D eigenvalue weighted by Crippen LogP contribution is 2.24. The molecule has 0 aliphatic carbocycles. The van der Waals surface area contributed by atoms with E-state index in [1.807, 2.05) is 12.1 Å². The molecule has 0 amide bonds. The number of nitrogens with zero attached hydrogens (tertiary/aromatic N) is 2. The molecule has 0 atom stereocenters. The van der Waals surface area contributed by atoms with Gasteiger partial charge in [0.15, 0.2) is 0 Å². The second kappa shape index (κ2) is 5.14. The number of aromatic nitrogens is 2. The first-order chi connectivity index (χ1) is 8.19. The standard InChI is InChI=1S/C12H13BrN4/c1-8-4-3-5-9(6-8)16-11-10(13)7-15-12(14-2)17-11/h3-7H,1-2H3,(H2,14,15,16,17). The lowest BCUT2D eigenvalue weighted by molar-refractivity contribution is 1.14. The molecule has 1 aromatic carbocycles. The molecule has 0 radical (unpaired) electrons. The molecule has 2 aromatic rings. The van der Waals surface area contributed by atoms with Gasteiger partial charge in [-0.25, -0.2) is 4.98 Å². The molecule has 0 saturated carbocycles. The summed E-state index contributed by atoms with van der Waals surface area (Å²) in [5.74, 6) is 1.33. The number of nitrogens with one attached hydrogen (secondary N) is 2. The highest BCUT2D eigenvalue weighted by Gasteiger charge is 2.04. The van der Waals surface area contributed by atoms with Gasteiger partial charge in [-0.15, -0.1) is 0 Å². The largest absolute Gasteiger partial charge is 0.357 e. The molecule has 5 heteroatoms. The van der Waals surface area contributed by atoms with Crippen molar-refractivity contribution in [3.8, 4) is 0 Å². The molecule has 1 aromatic heterocycles. The number of rotatable bonds is 3. The van der Waals surface area contributed by atoms with Crippen LogP contribution in [0.5, 0.6) is 0 Å². The van der Waals surface area contributed by atoms with Crippen LogP contribution in [-0.4, -0.2) is 17.0 Å². The average Bonchev–Trinajstić information content (AvgIpc) is 2.32. The van der Waals surface area contributed by atoms with Crippen LogP contribution in [0.3, 0.4) is 0 Å². The molecule has 0 saturated heterocycles. The van der Waals surface area contributed by atoms with E-state index in [9.17, 15) is 0 Å². The van der Waals surface area contributed by atoms with Crippen molar-refractivity contribution >= 4 is 33.4 Å². The van der Waals surface area contributed by atoms with Gasteiger partial charge in [0, 0.05) is 18.9 Å². The normalized spacial score (nSPS) is 10.1. The highest BCUT2D eigenvalue weighted by molar-refractivity contribution is 9.10. The predicted octanol–water partition coefficient (Wildman–Crippen LogP) is 3.33. The zero-order chi connectivity index (χ0) is 12.3. The molecule has 2 rings (SSSR count). The van der Waals surface area contributed by atoms with Gasteiger partial charge in [0.05, 0.1) is 4.47 Å². The number of hydrogen-bond acceptors (Lipinski definition) is 4. The highest BCUT2D eigenvalue weighted by atomic mass is 79.9. The van der Waals surface area contributed by atoms with Crippen LogP contribution in [-0.2, 0) is 0 Å². The summed E-state index contributed by atoms with van der Waals surface area (Å²) in [6, 6.07) is 8.12. The minimum absolute atomic E-state index is 0.586. The summed E-state index contributed by atoms with van der Waals surface area (Å²) in [5.41, 5.74) is 2.21. The quantitative estimate of drug-likeness (QED) is 0.911. The van der Waals surface area contributed by atoms with Crippen molar-refractivity contribution in [3.05, 3.63) is 40.5 Å². The Labute approximate surface area is 109 Å². The van der Waals surface area contributed by atoms with E-state index in [-0.39, 0.29) is 0 Å². The summed E-state index contributed by atoms with van der Waals surface area (Å²) < 4.78 is 0.831. The first-order valence-corrected chi connectivity index (χ1v) is 6.02. The van der Waals surface area contributed by atoms with E-state index >= 15 is 0 Å². The summed E-state index contributed by atoms with van der Waals surface area (Å²) in [6.07, 6.45) is 1.72. The first-order valence-electron chi connectivity index (χ1n) is 5.23. The molecule has 0 aliphatic heterocycles. The van der Waals surface area contributed by atoms with Gasteiger partial charge >= 0.3 is 0 Å². The SMILES string of the molecule is CNc1ncc(Br)c(Nc2cccc(C)c2)n1. The van der Waals surface area contributed by atoms with E-state index in [4.69, 9.17) is 0 Å². The van der Waals surface area contributed by atoms with Crippen LogP contribution in [0.2, 0.25) is 0 Å². The molecule has 17 heavy (non-hydrogen) atoms. The Hall–Kier alpha value is -1.62. The van der Waals surface area contributed by atoms with E-state index in [0.717, 1.165) is 16.0 Å². The first kappa shape index (κ1) is 11.9. The maximum atomic E-state index is 4.34. The maximum absolute atomic E-state index is 4.34. The van der Waals surface area contributed by atoms with Crippen LogP contribution in [0.25, 0.3) is 0 Å². The Bertz CT molecular complexity index is 528. The Balaban J connectivity index is 2.29. The van der Waals surface area contributed by atoms with Gasteiger partial charge in [-0.2, -0.15) is 4.98 Å². The fourth-order valence-electron chi connectivity index (χ4n) is 1.43. The Morgan fingerprint density at radius 3 is 2.82 bits per heavy atom. The number of hydrogen-bond donors (Lipinski definition) is 2. The summed E-state index contributed by atoms with van der Waals surface area (Å²) in [5, 5.41) is 6.16. The van der Waals surface area contributed by atoms with Crippen molar-refractivity contribution in [2.24, 2.45) is 0 Å². The lowest BCUT2D eigenvalue weighted by Crippen LogP contribution is -2.01. The Morgan fingerprint density at radius 2 is 2.12 bits per heavy atom. The van der Waals surface area contributed by atoms with Crippen molar-refractivity contribution < 1.29 is 0 Å². The van der Waals surface area contributed by atoms with Gasteiger partial charge in [-0.3, -0.25) is 0 Å². The molecule has 0 fully saturated rings. The second-order valence-corrected chi connectivity index (χ2v) is 4.49. The smallest absolute Gasteiger partial charge is 0.224 e. The maximum Gasteiger partial charge on any atom is 0.224 e. The van der Waals surface area contributed by atoms with Crippen LogP contribution in [0.15, 0.2) is 34.9 Å². The summed E-state index contributed by atoms with van der Waals surface area (Å²) in [4.78, 5) is 8.44. The molecular weight excluding hydrogens is 280 g/mol. The number of aryl methyl sites for hydroxylation is 1. The fourth-order valence-corrected chi connectivity index (χ4v) is 1.72. The summed E-state index contributed by atoms with van der Waals surface area (Å²) in [7, 11) is 1.79. The number of benzene rings is 1. The van der Waals surface area contributed by atoms with Crippen LogP contribution in [0.1, 0.15) is 5.56 Å². The van der Waals surface area contributed by atoms with E-state index in [0.29, 0.717) is 5.95 Å². The lowest BCUT2D eigenvalue weighted by Gasteiger charge is -2.09. The third-order valence-electron chi connectivity index (χ3n) is 2.25. The topological polar surface area (TPSA) is 49.8 Å². The van der Waals surface area contributed by atoms with Crippen LogP contribution in [0.4, 0.5) is 17.5 Å². The van der Waals surface area contributed by atoms with Crippen molar-refractivity contribution in [1.82, 2.24) is 9.97 Å². The number of anilines is 3. The van der Waals surface area contributed by atoms with Crippen molar-refractivity contribution in [3.63, 3.8) is 0 Å². The van der Waals surface area contributed by atoms with Gasteiger partial charge in [0.1, 0.15) is 5.82 Å². The molecule has 1 heterocycles. The van der Waals surface area contributed by atoms with Gasteiger partial charge in [-0.05, 0) is 40.5 Å². The van der Waals surface area contributed by atoms with E-state index in [1.165, 1.54) is 5.56 Å². The third kappa shape index (κ3) is 2.94. The molecular formula is C12H13BrN4. The summed E-state index contributed by atoms with van der Waals surface area (Å²) >= 11 is 3.42. The van der Waals surface area contributed by atoms with Crippen LogP contribution < -0.4 is 10.6 Å². The molecule has 4 nitrogen and oxygen atoms in total. The van der Waals surface area contributed by atoms with Crippen molar-refractivity contribution in [1.29, 1.82) is 0 Å². The van der Waals surface area contributed by atoms with Crippen molar-refractivity contribution in [2.75, 3.05) is 17.7 Å². The lowest BCUT2D eigenvalue weighted by atomic mass is 10.2. The summed E-state index contributed by atoms with van der Waals surface area (Å²) in [6.45, 7) is 2.05. The van der Waals surface area contributed by atoms with Crippen LogP contribution in [0, 0.1) is 6.92 Å². The van der Waals surface area contributed by atoms with Crippen molar-refractivity contribution in [2.45, 2.75) is 6.92 Å². The molecule has 0 unspecified atom stereocenters. The number of halogens is 1.